The number of aromatic nitrogens is 3. The van der Waals surface area contributed by atoms with E-state index >= 15 is 0 Å². The maximum Gasteiger partial charge on any atom is 0.192 e. The molecule has 6 heteroatoms. The standard InChI is InChI=1S/C18H15ClFN3S/c1-2-11-23-17(14-5-7-15(19)8-6-14)21-22-18(23)24-12-13-3-9-16(20)10-4-13/h2-10H,1,11-12H2. The van der Waals surface area contributed by atoms with Crippen LogP contribution in [0.1, 0.15) is 5.56 Å². The first-order valence-electron chi connectivity index (χ1n) is 7.34. The summed E-state index contributed by atoms with van der Waals surface area (Å²) in [7, 11) is 0. The maximum absolute atomic E-state index is 13.0. The van der Waals surface area contributed by atoms with Crippen molar-refractivity contribution in [2.24, 2.45) is 0 Å². The Balaban J connectivity index is 1.84. The lowest BCUT2D eigenvalue weighted by Crippen LogP contribution is -2.00. The Hall–Kier alpha value is -2.11. The van der Waals surface area contributed by atoms with Crippen LogP contribution in [0.15, 0.2) is 66.3 Å². The van der Waals surface area contributed by atoms with E-state index < -0.39 is 0 Å². The van der Waals surface area contributed by atoms with Crippen molar-refractivity contribution in [3.63, 3.8) is 0 Å². The number of halogens is 2. The van der Waals surface area contributed by atoms with E-state index in [9.17, 15) is 4.39 Å². The summed E-state index contributed by atoms with van der Waals surface area (Å²) < 4.78 is 15.0. The summed E-state index contributed by atoms with van der Waals surface area (Å²) in [4.78, 5) is 0. The molecule has 0 radical (unpaired) electrons. The quantitative estimate of drug-likeness (QED) is 0.446. The minimum absolute atomic E-state index is 0.233. The minimum Gasteiger partial charge on any atom is -0.298 e. The van der Waals surface area contributed by atoms with Crippen molar-refractivity contribution in [2.75, 3.05) is 0 Å². The molecule has 2 aromatic carbocycles. The predicted octanol–water partition coefficient (Wildman–Crippen LogP) is 5.22. The number of thioether (sulfide) groups is 1. The highest BCUT2D eigenvalue weighted by molar-refractivity contribution is 7.98. The van der Waals surface area contributed by atoms with Gasteiger partial charge in [-0.3, -0.25) is 4.57 Å². The van der Waals surface area contributed by atoms with Gasteiger partial charge >= 0.3 is 0 Å². The van der Waals surface area contributed by atoms with Crippen LogP contribution in [0.25, 0.3) is 11.4 Å². The number of rotatable bonds is 6. The van der Waals surface area contributed by atoms with Gasteiger partial charge in [0.15, 0.2) is 11.0 Å². The molecule has 0 unspecified atom stereocenters. The van der Waals surface area contributed by atoms with Crippen molar-refractivity contribution in [2.45, 2.75) is 17.5 Å². The summed E-state index contributed by atoms with van der Waals surface area (Å²) in [5.74, 6) is 1.23. The first kappa shape index (κ1) is 16.7. The molecule has 24 heavy (non-hydrogen) atoms. The van der Waals surface area contributed by atoms with Gasteiger partial charge in [-0.05, 0) is 42.0 Å². The molecule has 0 aliphatic carbocycles. The third-order valence-corrected chi connectivity index (χ3v) is 4.70. The van der Waals surface area contributed by atoms with Crippen molar-refractivity contribution in [3.05, 3.63) is 77.6 Å². The topological polar surface area (TPSA) is 30.7 Å². The molecule has 1 aromatic heterocycles. The molecule has 0 N–H and O–H groups in total. The molecule has 0 saturated carbocycles. The smallest absolute Gasteiger partial charge is 0.192 e. The van der Waals surface area contributed by atoms with E-state index in [1.54, 1.807) is 23.9 Å². The van der Waals surface area contributed by atoms with E-state index in [1.165, 1.54) is 12.1 Å². The summed E-state index contributed by atoms with van der Waals surface area (Å²) in [5, 5.41) is 10.1. The Labute approximate surface area is 149 Å². The number of benzene rings is 2. The zero-order chi connectivity index (χ0) is 16.9. The van der Waals surface area contributed by atoms with Crippen molar-refractivity contribution in [1.82, 2.24) is 14.8 Å². The van der Waals surface area contributed by atoms with Crippen LogP contribution in [-0.4, -0.2) is 14.8 Å². The Kier molecular flexibility index (Phi) is 5.33. The van der Waals surface area contributed by atoms with Crippen LogP contribution in [0.2, 0.25) is 5.02 Å². The third kappa shape index (κ3) is 3.86. The summed E-state index contributed by atoms with van der Waals surface area (Å²) in [6.07, 6.45) is 1.81. The van der Waals surface area contributed by atoms with Gasteiger partial charge in [-0.2, -0.15) is 0 Å². The van der Waals surface area contributed by atoms with Gasteiger partial charge in [0.2, 0.25) is 0 Å². The van der Waals surface area contributed by atoms with Crippen LogP contribution < -0.4 is 0 Å². The average Bonchev–Trinajstić information content (AvgIpc) is 2.98. The molecule has 0 aliphatic rings. The van der Waals surface area contributed by atoms with Gasteiger partial charge in [0.05, 0.1) is 0 Å². The molecule has 0 aliphatic heterocycles. The van der Waals surface area contributed by atoms with Crippen LogP contribution in [0.3, 0.4) is 0 Å². The van der Waals surface area contributed by atoms with Gasteiger partial charge < -0.3 is 0 Å². The van der Waals surface area contributed by atoms with E-state index in [4.69, 9.17) is 11.6 Å². The van der Waals surface area contributed by atoms with Crippen LogP contribution >= 0.6 is 23.4 Å². The summed E-state index contributed by atoms with van der Waals surface area (Å²) in [6.45, 7) is 4.41. The van der Waals surface area contributed by atoms with Crippen molar-refractivity contribution in [3.8, 4) is 11.4 Å². The second-order valence-corrected chi connectivity index (χ2v) is 6.51. The lowest BCUT2D eigenvalue weighted by atomic mass is 10.2. The maximum atomic E-state index is 13.0. The highest BCUT2D eigenvalue weighted by atomic mass is 35.5. The molecule has 3 nitrogen and oxygen atoms in total. The first-order valence-corrected chi connectivity index (χ1v) is 8.71. The van der Waals surface area contributed by atoms with Gasteiger partial charge in [-0.15, -0.1) is 16.8 Å². The van der Waals surface area contributed by atoms with Crippen molar-refractivity contribution >= 4 is 23.4 Å². The fourth-order valence-electron chi connectivity index (χ4n) is 2.23. The molecule has 0 saturated heterocycles. The largest absolute Gasteiger partial charge is 0.298 e. The Morgan fingerprint density at radius 1 is 1.08 bits per heavy atom. The zero-order valence-electron chi connectivity index (χ0n) is 12.8. The van der Waals surface area contributed by atoms with E-state index in [1.807, 2.05) is 34.9 Å². The van der Waals surface area contributed by atoms with E-state index in [0.717, 1.165) is 22.1 Å². The fourth-order valence-corrected chi connectivity index (χ4v) is 3.26. The van der Waals surface area contributed by atoms with Gasteiger partial charge in [-0.25, -0.2) is 4.39 Å². The number of nitrogens with zero attached hydrogens (tertiary/aromatic N) is 3. The monoisotopic (exact) mass is 359 g/mol. The van der Waals surface area contributed by atoms with Crippen molar-refractivity contribution in [1.29, 1.82) is 0 Å². The molecule has 0 spiro atoms. The molecule has 3 aromatic rings. The van der Waals surface area contributed by atoms with Crippen molar-refractivity contribution < 1.29 is 4.39 Å². The second-order valence-electron chi connectivity index (χ2n) is 5.13. The average molecular weight is 360 g/mol. The fraction of sp³-hybridized carbons (Fsp3) is 0.111. The summed E-state index contributed by atoms with van der Waals surface area (Å²) >= 11 is 7.50. The molecule has 0 bridgehead atoms. The lowest BCUT2D eigenvalue weighted by Gasteiger charge is -2.08. The molecule has 3 rings (SSSR count). The third-order valence-electron chi connectivity index (χ3n) is 3.41. The molecule has 122 valence electrons. The van der Waals surface area contributed by atoms with Gasteiger partial charge in [0, 0.05) is 22.9 Å². The zero-order valence-corrected chi connectivity index (χ0v) is 14.4. The molecule has 0 amide bonds. The normalized spacial score (nSPS) is 10.8. The van der Waals surface area contributed by atoms with Gasteiger partial charge in [0.25, 0.3) is 0 Å². The Morgan fingerprint density at radius 3 is 2.46 bits per heavy atom. The molecule has 0 atom stereocenters. The first-order chi connectivity index (χ1) is 11.7. The molecule has 1 heterocycles. The Bertz CT molecular complexity index is 828. The van der Waals surface area contributed by atoms with Crippen LogP contribution in [0.5, 0.6) is 0 Å². The summed E-state index contributed by atoms with van der Waals surface area (Å²) in [6, 6.07) is 14.0. The number of hydrogen-bond acceptors (Lipinski definition) is 3. The lowest BCUT2D eigenvalue weighted by molar-refractivity contribution is 0.627. The van der Waals surface area contributed by atoms with Crippen LogP contribution in [0, 0.1) is 5.82 Å². The second kappa shape index (κ2) is 7.64. The van der Waals surface area contributed by atoms with Crippen LogP contribution in [0.4, 0.5) is 4.39 Å². The highest BCUT2D eigenvalue weighted by Gasteiger charge is 2.13. The van der Waals surface area contributed by atoms with Gasteiger partial charge in [-0.1, -0.05) is 41.6 Å². The minimum atomic E-state index is -0.233. The number of hydrogen-bond donors (Lipinski definition) is 0. The van der Waals surface area contributed by atoms with E-state index in [-0.39, 0.29) is 5.82 Å². The molecular formula is C18H15ClFN3S. The van der Waals surface area contributed by atoms with E-state index in [0.29, 0.717) is 17.3 Å². The summed E-state index contributed by atoms with van der Waals surface area (Å²) in [5.41, 5.74) is 1.98. The predicted molar refractivity (Wildman–Crippen MR) is 96.6 cm³/mol. The molecular weight excluding hydrogens is 345 g/mol. The van der Waals surface area contributed by atoms with Crippen LogP contribution in [-0.2, 0) is 12.3 Å². The SMILES string of the molecule is C=CCn1c(SCc2ccc(F)cc2)nnc1-c1ccc(Cl)cc1. The Morgan fingerprint density at radius 2 is 1.79 bits per heavy atom. The van der Waals surface area contributed by atoms with Gasteiger partial charge in [0.1, 0.15) is 5.82 Å². The highest BCUT2D eigenvalue weighted by Crippen LogP contribution is 2.27. The van der Waals surface area contributed by atoms with E-state index in [2.05, 4.69) is 16.8 Å². The number of allylic oxidation sites excluding steroid dienone is 1. The molecule has 0 fully saturated rings.